The number of carbonyl (C=O) groups is 4. The number of hydrogen-bond acceptors (Lipinski definition) is 9. The molecule has 0 aromatic rings. The highest BCUT2D eigenvalue weighted by atomic mass is 32.1. The van der Waals surface area contributed by atoms with E-state index in [4.69, 9.17) is 22.3 Å². The average Bonchev–Trinajstić information content (AvgIpc) is 2.74. The summed E-state index contributed by atoms with van der Waals surface area (Å²) in [7, 11) is 0. The Labute approximate surface area is 187 Å². The maximum atomic E-state index is 12.7. The number of carboxylic acids is 1. The molecule has 0 saturated carbocycles. The smallest absolute Gasteiger partial charge is 0.327 e. The Morgan fingerprint density at radius 2 is 1.26 bits per heavy atom. The fourth-order valence-electron chi connectivity index (χ4n) is 2.60. The van der Waals surface area contributed by atoms with Crippen LogP contribution in [0.4, 0.5) is 0 Å². The molecule has 0 spiro atoms. The summed E-state index contributed by atoms with van der Waals surface area (Å²) in [5.74, 6) is -3.58. The predicted octanol–water partition coefficient (Wildman–Crippen LogP) is -2.97. The second kappa shape index (κ2) is 16.7. The van der Waals surface area contributed by atoms with Gasteiger partial charge in [0.05, 0.1) is 12.6 Å². The Morgan fingerprint density at radius 1 is 0.774 bits per heavy atom. The van der Waals surface area contributed by atoms with E-state index in [-0.39, 0.29) is 12.2 Å². The van der Waals surface area contributed by atoms with Gasteiger partial charge in [-0.15, -0.1) is 0 Å². The summed E-state index contributed by atoms with van der Waals surface area (Å²) in [6.45, 7) is 0.125. The molecule has 12 nitrogen and oxygen atoms in total. The highest BCUT2D eigenvalue weighted by molar-refractivity contribution is 7.80. The zero-order valence-corrected chi connectivity index (χ0v) is 18.5. The Morgan fingerprint density at radius 3 is 1.74 bits per heavy atom. The molecule has 0 aliphatic rings. The van der Waals surface area contributed by atoms with E-state index in [1.165, 1.54) is 0 Å². The van der Waals surface area contributed by atoms with Gasteiger partial charge in [-0.3, -0.25) is 14.4 Å². The number of carboxylic acid groups (broad SMARTS) is 1. The van der Waals surface area contributed by atoms with E-state index in [0.717, 1.165) is 6.42 Å². The molecule has 4 unspecified atom stereocenters. The van der Waals surface area contributed by atoms with Crippen molar-refractivity contribution in [3.05, 3.63) is 0 Å². The molecule has 0 aromatic carbocycles. The van der Waals surface area contributed by atoms with Crippen molar-refractivity contribution in [2.45, 2.75) is 62.7 Å². The summed E-state index contributed by atoms with van der Waals surface area (Å²) in [6.07, 6.45) is 3.19. The standard InChI is InChI=1S/C18H36N6O6S/c19-7-3-1-5-11(21)15(26)22-12(6-2-4-8-20)16(27)23-13(9-25)17(28)24-14(10-31)18(29)30/h11-14,25,31H,1-10,19-21H2,(H,22,26)(H,23,27)(H,24,28)(H,29,30). The van der Waals surface area contributed by atoms with Gasteiger partial charge in [0.15, 0.2) is 0 Å². The summed E-state index contributed by atoms with van der Waals surface area (Å²) >= 11 is 3.84. The molecule has 0 radical (unpaired) electrons. The lowest BCUT2D eigenvalue weighted by molar-refractivity contribution is -0.142. The van der Waals surface area contributed by atoms with Crippen LogP contribution in [0.15, 0.2) is 0 Å². The topological polar surface area (TPSA) is 223 Å². The minimum absolute atomic E-state index is 0.174. The van der Waals surface area contributed by atoms with Gasteiger partial charge in [-0.2, -0.15) is 12.6 Å². The number of unbranched alkanes of at least 4 members (excludes halogenated alkanes) is 2. The summed E-state index contributed by atoms with van der Waals surface area (Å²) in [6, 6.07) is -4.50. The minimum Gasteiger partial charge on any atom is -0.480 e. The van der Waals surface area contributed by atoms with E-state index in [1.807, 2.05) is 0 Å². The second-order valence-corrected chi connectivity index (χ2v) is 7.43. The molecule has 0 fully saturated rings. The van der Waals surface area contributed by atoms with Crippen LogP contribution in [0.2, 0.25) is 0 Å². The molecule has 11 N–H and O–H groups in total. The van der Waals surface area contributed by atoms with Crippen LogP contribution in [0.25, 0.3) is 0 Å². The molecular formula is C18H36N6O6S. The van der Waals surface area contributed by atoms with Gasteiger partial charge >= 0.3 is 5.97 Å². The first kappa shape index (κ1) is 29.1. The number of rotatable bonds is 17. The van der Waals surface area contributed by atoms with E-state index in [0.29, 0.717) is 38.8 Å². The van der Waals surface area contributed by atoms with Crippen LogP contribution >= 0.6 is 12.6 Å². The molecular weight excluding hydrogens is 428 g/mol. The monoisotopic (exact) mass is 464 g/mol. The van der Waals surface area contributed by atoms with Crippen LogP contribution in [-0.4, -0.2) is 83.5 Å². The van der Waals surface area contributed by atoms with Crippen LogP contribution in [0.5, 0.6) is 0 Å². The Kier molecular flexibility index (Phi) is 15.7. The zero-order valence-electron chi connectivity index (χ0n) is 17.6. The lowest BCUT2D eigenvalue weighted by Crippen LogP contribution is -2.58. The van der Waals surface area contributed by atoms with Crippen LogP contribution in [0, 0.1) is 0 Å². The van der Waals surface area contributed by atoms with E-state index >= 15 is 0 Å². The largest absolute Gasteiger partial charge is 0.480 e. The van der Waals surface area contributed by atoms with Gasteiger partial charge in [0, 0.05) is 5.75 Å². The van der Waals surface area contributed by atoms with Gasteiger partial charge in [0.25, 0.3) is 0 Å². The number of hydrogen-bond donors (Lipinski definition) is 9. The van der Waals surface area contributed by atoms with Crippen molar-refractivity contribution in [3.8, 4) is 0 Å². The van der Waals surface area contributed by atoms with E-state index in [1.54, 1.807) is 0 Å². The van der Waals surface area contributed by atoms with Crippen molar-refractivity contribution < 1.29 is 29.4 Å². The van der Waals surface area contributed by atoms with Crippen LogP contribution in [0.3, 0.4) is 0 Å². The summed E-state index contributed by atoms with van der Waals surface area (Å²) < 4.78 is 0. The van der Waals surface area contributed by atoms with Crippen molar-refractivity contribution in [2.24, 2.45) is 17.2 Å². The van der Waals surface area contributed by atoms with E-state index in [2.05, 4.69) is 28.6 Å². The fourth-order valence-corrected chi connectivity index (χ4v) is 2.85. The molecule has 0 aliphatic heterocycles. The third-order valence-electron chi connectivity index (χ3n) is 4.50. The summed E-state index contributed by atoms with van der Waals surface area (Å²) in [5, 5.41) is 25.6. The first-order valence-corrected chi connectivity index (χ1v) is 10.9. The van der Waals surface area contributed by atoms with Crippen LogP contribution < -0.4 is 33.2 Å². The highest BCUT2D eigenvalue weighted by Gasteiger charge is 2.29. The van der Waals surface area contributed by atoms with Crippen molar-refractivity contribution >= 4 is 36.3 Å². The molecule has 4 atom stereocenters. The third-order valence-corrected chi connectivity index (χ3v) is 4.86. The predicted molar refractivity (Wildman–Crippen MR) is 118 cm³/mol. The maximum absolute atomic E-state index is 12.7. The molecule has 0 heterocycles. The maximum Gasteiger partial charge on any atom is 0.327 e. The van der Waals surface area contributed by atoms with Crippen LogP contribution in [-0.2, 0) is 19.2 Å². The molecule has 0 aliphatic carbocycles. The van der Waals surface area contributed by atoms with Crippen molar-refractivity contribution in [2.75, 3.05) is 25.4 Å². The number of amides is 3. The van der Waals surface area contributed by atoms with Crippen molar-refractivity contribution in [3.63, 3.8) is 0 Å². The van der Waals surface area contributed by atoms with Gasteiger partial charge < -0.3 is 43.4 Å². The number of nitrogens with two attached hydrogens (primary N) is 3. The van der Waals surface area contributed by atoms with Crippen molar-refractivity contribution in [1.82, 2.24) is 16.0 Å². The van der Waals surface area contributed by atoms with Crippen LogP contribution in [0.1, 0.15) is 38.5 Å². The Bertz CT molecular complexity index is 582. The summed E-state index contributed by atoms with van der Waals surface area (Å²) in [4.78, 5) is 48.3. The number of nitrogens with one attached hydrogen (secondary N) is 3. The highest BCUT2D eigenvalue weighted by Crippen LogP contribution is 2.04. The molecule has 0 bridgehead atoms. The zero-order chi connectivity index (χ0) is 23.8. The van der Waals surface area contributed by atoms with Crippen molar-refractivity contribution in [1.29, 1.82) is 0 Å². The fraction of sp³-hybridized carbons (Fsp3) is 0.778. The molecule has 13 heteroatoms. The lowest BCUT2D eigenvalue weighted by Gasteiger charge is -2.24. The van der Waals surface area contributed by atoms with Gasteiger partial charge in [-0.25, -0.2) is 4.79 Å². The van der Waals surface area contributed by atoms with Gasteiger partial charge in [0.1, 0.15) is 18.1 Å². The van der Waals surface area contributed by atoms with Gasteiger partial charge in [0.2, 0.25) is 17.7 Å². The number of carbonyl (C=O) groups excluding carboxylic acids is 3. The molecule has 0 rings (SSSR count). The number of aliphatic carboxylic acids is 1. The molecule has 31 heavy (non-hydrogen) atoms. The summed E-state index contributed by atoms with van der Waals surface area (Å²) in [5.41, 5.74) is 16.8. The van der Waals surface area contributed by atoms with E-state index < -0.39 is 54.5 Å². The first-order chi connectivity index (χ1) is 14.7. The molecule has 0 saturated heterocycles. The second-order valence-electron chi connectivity index (χ2n) is 7.06. The lowest BCUT2D eigenvalue weighted by atomic mass is 10.1. The molecule has 3 amide bonds. The number of aliphatic hydroxyl groups excluding tert-OH is 1. The Hall–Kier alpha value is -1.93. The Balaban J connectivity index is 5.09. The average molecular weight is 465 g/mol. The third kappa shape index (κ3) is 11.9. The SMILES string of the molecule is NCCCCC(N)C(=O)NC(CCCCN)C(=O)NC(CO)C(=O)NC(CS)C(=O)O. The quantitative estimate of drug-likeness (QED) is 0.0790. The van der Waals surface area contributed by atoms with E-state index in [9.17, 15) is 24.3 Å². The molecule has 0 aromatic heterocycles. The molecule has 180 valence electrons. The number of aliphatic hydroxyl groups is 1. The number of thiol groups is 1. The minimum atomic E-state index is -1.40. The van der Waals surface area contributed by atoms with Gasteiger partial charge in [-0.1, -0.05) is 6.42 Å². The normalized spacial score (nSPS) is 14.7. The first-order valence-electron chi connectivity index (χ1n) is 10.2. The van der Waals surface area contributed by atoms with Gasteiger partial charge in [-0.05, 0) is 45.2 Å².